The number of rotatable bonds is 3. The van der Waals surface area contributed by atoms with E-state index in [2.05, 4.69) is 20.4 Å². The summed E-state index contributed by atoms with van der Waals surface area (Å²) in [5.74, 6) is 2.94. The van der Waals surface area contributed by atoms with Crippen molar-refractivity contribution in [3.8, 4) is 0 Å². The van der Waals surface area contributed by atoms with Gasteiger partial charge in [-0.15, -0.1) is 34.2 Å². The van der Waals surface area contributed by atoms with E-state index in [1.165, 1.54) is 44.9 Å². The molecule has 1 aromatic rings. The lowest BCUT2D eigenvalue weighted by Gasteiger charge is -2.29. The van der Waals surface area contributed by atoms with Gasteiger partial charge in [0, 0.05) is 26.2 Å². The van der Waals surface area contributed by atoms with Crippen LogP contribution in [0, 0.1) is 6.92 Å². The largest absolute Gasteiger partial charge is 0.353 e. The SMILES string of the molecule is Cc1nnc(CN=C(NC2CCCCC2)N2CCCC2)n1C.I. The highest BCUT2D eigenvalue weighted by molar-refractivity contribution is 14.0. The van der Waals surface area contributed by atoms with E-state index in [0.29, 0.717) is 12.6 Å². The lowest BCUT2D eigenvalue weighted by Crippen LogP contribution is -2.45. The molecule has 23 heavy (non-hydrogen) atoms. The molecule has 0 spiro atoms. The van der Waals surface area contributed by atoms with Gasteiger partial charge < -0.3 is 14.8 Å². The zero-order valence-corrected chi connectivity index (χ0v) is 16.6. The van der Waals surface area contributed by atoms with E-state index in [4.69, 9.17) is 4.99 Å². The summed E-state index contributed by atoms with van der Waals surface area (Å²) in [6.07, 6.45) is 9.15. The van der Waals surface area contributed by atoms with Gasteiger partial charge in [0.15, 0.2) is 11.8 Å². The summed E-state index contributed by atoms with van der Waals surface area (Å²) in [6.45, 7) is 4.82. The number of aliphatic imine (C=N–C) groups is 1. The summed E-state index contributed by atoms with van der Waals surface area (Å²) in [7, 11) is 2.00. The van der Waals surface area contributed by atoms with Crippen molar-refractivity contribution in [1.82, 2.24) is 25.0 Å². The van der Waals surface area contributed by atoms with Gasteiger partial charge in [0.1, 0.15) is 12.4 Å². The van der Waals surface area contributed by atoms with Gasteiger partial charge in [-0.05, 0) is 32.6 Å². The Kier molecular flexibility index (Phi) is 7.10. The van der Waals surface area contributed by atoms with Crippen LogP contribution in [0.4, 0.5) is 0 Å². The van der Waals surface area contributed by atoms with Crippen molar-refractivity contribution in [2.45, 2.75) is 64.5 Å². The minimum absolute atomic E-state index is 0. The van der Waals surface area contributed by atoms with Crippen molar-refractivity contribution in [2.24, 2.45) is 12.0 Å². The number of aryl methyl sites for hydroxylation is 1. The van der Waals surface area contributed by atoms with E-state index in [1.807, 2.05) is 18.5 Å². The number of likely N-dealkylation sites (tertiary alicyclic amines) is 1. The molecular formula is C16H29IN6. The fourth-order valence-corrected chi connectivity index (χ4v) is 3.33. The molecule has 2 aliphatic rings. The maximum absolute atomic E-state index is 4.85. The van der Waals surface area contributed by atoms with Crippen LogP contribution in [-0.2, 0) is 13.6 Å². The molecule has 0 bridgehead atoms. The number of halogens is 1. The lowest BCUT2D eigenvalue weighted by molar-refractivity contribution is 0.389. The van der Waals surface area contributed by atoms with Gasteiger partial charge in [0.05, 0.1) is 0 Å². The monoisotopic (exact) mass is 432 g/mol. The molecule has 0 aromatic carbocycles. The summed E-state index contributed by atoms with van der Waals surface area (Å²) in [4.78, 5) is 7.25. The number of guanidine groups is 1. The Morgan fingerprint density at radius 3 is 2.43 bits per heavy atom. The molecule has 1 aliphatic heterocycles. The molecule has 1 saturated heterocycles. The molecule has 7 heteroatoms. The highest BCUT2D eigenvalue weighted by atomic mass is 127. The zero-order chi connectivity index (χ0) is 15.4. The summed E-state index contributed by atoms with van der Waals surface area (Å²) in [6, 6.07) is 0.592. The molecule has 1 N–H and O–H groups in total. The van der Waals surface area contributed by atoms with Crippen LogP contribution >= 0.6 is 24.0 Å². The Bertz CT molecular complexity index is 515. The first-order valence-electron chi connectivity index (χ1n) is 8.65. The quantitative estimate of drug-likeness (QED) is 0.453. The van der Waals surface area contributed by atoms with Gasteiger partial charge in [-0.1, -0.05) is 19.3 Å². The average molecular weight is 432 g/mol. The van der Waals surface area contributed by atoms with Crippen LogP contribution in [0.2, 0.25) is 0 Å². The van der Waals surface area contributed by atoms with E-state index in [1.54, 1.807) is 0 Å². The number of hydrogen-bond donors (Lipinski definition) is 1. The van der Waals surface area contributed by atoms with Crippen LogP contribution < -0.4 is 5.32 Å². The second-order valence-corrected chi connectivity index (χ2v) is 6.54. The minimum atomic E-state index is 0. The zero-order valence-electron chi connectivity index (χ0n) is 14.3. The van der Waals surface area contributed by atoms with Gasteiger partial charge >= 0.3 is 0 Å². The van der Waals surface area contributed by atoms with Crippen LogP contribution in [0.5, 0.6) is 0 Å². The van der Waals surface area contributed by atoms with E-state index in [-0.39, 0.29) is 24.0 Å². The van der Waals surface area contributed by atoms with Crippen LogP contribution in [0.1, 0.15) is 56.6 Å². The van der Waals surface area contributed by atoms with Crippen molar-refractivity contribution in [2.75, 3.05) is 13.1 Å². The summed E-state index contributed by atoms with van der Waals surface area (Å²) in [5, 5.41) is 12.1. The molecular weight excluding hydrogens is 403 g/mol. The second-order valence-electron chi connectivity index (χ2n) is 6.54. The predicted molar refractivity (Wildman–Crippen MR) is 103 cm³/mol. The summed E-state index contributed by atoms with van der Waals surface area (Å²) < 4.78 is 2.02. The topological polar surface area (TPSA) is 58.3 Å². The third-order valence-electron chi connectivity index (χ3n) is 4.90. The third-order valence-corrected chi connectivity index (χ3v) is 4.90. The lowest BCUT2D eigenvalue weighted by atomic mass is 9.96. The molecule has 1 aromatic heterocycles. The van der Waals surface area contributed by atoms with Crippen molar-refractivity contribution in [3.63, 3.8) is 0 Å². The van der Waals surface area contributed by atoms with Gasteiger partial charge in [-0.2, -0.15) is 0 Å². The van der Waals surface area contributed by atoms with Crippen molar-refractivity contribution in [1.29, 1.82) is 0 Å². The molecule has 6 nitrogen and oxygen atoms in total. The van der Waals surface area contributed by atoms with Crippen LogP contribution in [-0.4, -0.2) is 44.8 Å². The van der Waals surface area contributed by atoms with Crippen LogP contribution in [0.15, 0.2) is 4.99 Å². The third kappa shape index (κ3) is 4.81. The van der Waals surface area contributed by atoms with Crippen molar-refractivity contribution in [3.05, 3.63) is 11.6 Å². The minimum Gasteiger partial charge on any atom is -0.353 e. The van der Waals surface area contributed by atoms with E-state index < -0.39 is 0 Å². The standard InChI is InChI=1S/C16H28N6.HI/c1-13-19-20-15(21(13)2)12-17-16(22-10-6-7-11-22)18-14-8-4-3-5-9-14;/h14H,3-12H2,1-2H3,(H,17,18);1H. The van der Waals surface area contributed by atoms with E-state index in [0.717, 1.165) is 30.7 Å². The van der Waals surface area contributed by atoms with Crippen LogP contribution in [0.3, 0.4) is 0 Å². The Hall–Kier alpha value is -0.860. The molecule has 1 aliphatic carbocycles. The molecule has 1 saturated carbocycles. The maximum Gasteiger partial charge on any atom is 0.194 e. The number of nitrogens with one attached hydrogen (secondary N) is 1. The summed E-state index contributed by atoms with van der Waals surface area (Å²) in [5.41, 5.74) is 0. The first kappa shape index (κ1) is 18.5. The maximum atomic E-state index is 4.85. The fraction of sp³-hybridized carbons (Fsp3) is 0.812. The molecule has 2 fully saturated rings. The highest BCUT2D eigenvalue weighted by Crippen LogP contribution is 2.18. The van der Waals surface area contributed by atoms with Gasteiger partial charge in [0.25, 0.3) is 0 Å². The first-order valence-corrected chi connectivity index (χ1v) is 8.65. The molecule has 0 unspecified atom stereocenters. The molecule has 3 rings (SSSR count). The van der Waals surface area contributed by atoms with Gasteiger partial charge in [0.2, 0.25) is 0 Å². The predicted octanol–water partition coefficient (Wildman–Crippen LogP) is 2.62. The molecule has 0 atom stereocenters. The number of hydrogen-bond acceptors (Lipinski definition) is 3. The average Bonchev–Trinajstić information content (AvgIpc) is 3.17. The van der Waals surface area contributed by atoms with E-state index >= 15 is 0 Å². The Labute approximate surface area is 156 Å². The Morgan fingerprint density at radius 2 is 1.83 bits per heavy atom. The molecule has 130 valence electrons. The Morgan fingerprint density at radius 1 is 1.13 bits per heavy atom. The molecule has 0 amide bonds. The highest BCUT2D eigenvalue weighted by Gasteiger charge is 2.21. The second kappa shape index (κ2) is 8.84. The smallest absolute Gasteiger partial charge is 0.194 e. The number of aromatic nitrogens is 3. The fourth-order valence-electron chi connectivity index (χ4n) is 3.33. The van der Waals surface area contributed by atoms with Crippen molar-refractivity contribution >= 4 is 29.9 Å². The van der Waals surface area contributed by atoms with E-state index in [9.17, 15) is 0 Å². The van der Waals surface area contributed by atoms with Gasteiger partial charge in [-0.3, -0.25) is 0 Å². The van der Waals surface area contributed by atoms with Crippen molar-refractivity contribution < 1.29 is 0 Å². The molecule has 0 radical (unpaired) electrons. The Balaban J connectivity index is 0.00000192. The van der Waals surface area contributed by atoms with Gasteiger partial charge in [-0.25, -0.2) is 4.99 Å². The summed E-state index contributed by atoms with van der Waals surface area (Å²) >= 11 is 0. The normalized spacial score (nSPS) is 19.7. The molecule has 2 heterocycles. The number of nitrogens with zero attached hydrogens (tertiary/aromatic N) is 5. The first-order chi connectivity index (χ1) is 10.7. The van der Waals surface area contributed by atoms with Crippen LogP contribution in [0.25, 0.3) is 0 Å².